The number of amides is 1. The predicted octanol–water partition coefficient (Wildman–Crippen LogP) is 3.12. The van der Waals surface area contributed by atoms with E-state index in [4.69, 9.17) is 17.0 Å². The Labute approximate surface area is 124 Å². The molecule has 20 heavy (non-hydrogen) atoms. The van der Waals surface area contributed by atoms with Crippen LogP contribution in [0.4, 0.5) is 16.2 Å². The van der Waals surface area contributed by atoms with Crippen LogP contribution in [0.2, 0.25) is 0 Å². The minimum absolute atomic E-state index is 0.160. The van der Waals surface area contributed by atoms with Gasteiger partial charge in [0, 0.05) is 17.9 Å². The fraction of sp³-hybridized carbons (Fsp3) is 0.286. The van der Waals surface area contributed by atoms with Crippen LogP contribution >= 0.6 is 12.2 Å². The van der Waals surface area contributed by atoms with Crippen LogP contribution < -0.4 is 16.0 Å². The van der Waals surface area contributed by atoms with Gasteiger partial charge in [0.1, 0.15) is 0 Å². The van der Waals surface area contributed by atoms with Crippen molar-refractivity contribution >= 4 is 34.8 Å². The molecule has 1 rings (SSSR count). The first-order chi connectivity index (χ1) is 9.51. The Morgan fingerprint density at radius 2 is 2.05 bits per heavy atom. The Bertz CT molecular complexity index is 489. The summed E-state index contributed by atoms with van der Waals surface area (Å²) in [6, 6.07) is 7.20. The smallest absolute Gasteiger partial charge is 0.411 e. The summed E-state index contributed by atoms with van der Waals surface area (Å²) in [4.78, 5) is 11.5. The van der Waals surface area contributed by atoms with Crippen LogP contribution in [0, 0.1) is 0 Å². The lowest BCUT2D eigenvalue weighted by molar-refractivity contribution is 0.130. The molecule has 1 aromatic carbocycles. The average Bonchev–Trinajstić information content (AvgIpc) is 2.35. The van der Waals surface area contributed by atoms with Gasteiger partial charge in [0.25, 0.3) is 0 Å². The van der Waals surface area contributed by atoms with Gasteiger partial charge in [0.05, 0.1) is 6.10 Å². The third-order valence-electron chi connectivity index (χ3n) is 2.12. The second-order valence-corrected chi connectivity index (χ2v) is 4.69. The zero-order valence-corrected chi connectivity index (χ0v) is 12.4. The Balaban J connectivity index is 2.59. The van der Waals surface area contributed by atoms with Crippen molar-refractivity contribution in [2.24, 2.45) is 0 Å². The molecular formula is C14H19N3O2S. The summed E-state index contributed by atoms with van der Waals surface area (Å²) in [5.74, 6) is 0. The van der Waals surface area contributed by atoms with Gasteiger partial charge in [-0.15, -0.1) is 6.58 Å². The number of nitrogens with one attached hydrogen (secondary N) is 3. The molecule has 0 saturated heterocycles. The van der Waals surface area contributed by atoms with E-state index in [1.165, 1.54) is 0 Å². The lowest BCUT2D eigenvalue weighted by Gasteiger charge is -2.12. The van der Waals surface area contributed by atoms with Crippen LogP contribution in [-0.2, 0) is 4.74 Å². The molecule has 0 aliphatic rings. The van der Waals surface area contributed by atoms with Crippen LogP contribution in [0.15, 0.2) is 36.9 Å². The average molecular weight is 293 g/mol. The van der Waals surface area contributed by atoms with E-state index in [0.717, 1.165) is 5.69 Å². The molecule has 108 valence electrons. The number of hydrogen-bond acceptors (Lipinski definition) is 3. The van der Waals surface area contributed by atoms with Crippen LogP contribution in [0.25, 0.3) is 0 Å². The maximum absolute atomic E-state index is 11.5. The summed E-state index contributed by atoms with van der Waals surface area (Å²) in [5, 5.41) is 9.11. The van der Waals surface area contributed by atoms with Crippen molar-refractivity contribution in [1.82, 2.24) is 5.32 Å². The molecule has 0 spiro atoms. The van der Waals surface area contributed by atoms with Gasteiger partial charge in [-0.05, 0) is 44.3 Å². The standard InChI is InChI=1S/C14H19N3O2S/c1-4-8-15-13(20)16-11-6-5-7-12(9-11)17-14(18)19-10(2)3/h4-7,9-10H,1,8H2,2-3H3,(H,17,18)(H2,15,16,20). The maximum Gasteiger partial charge on any atom is 0.411 e. The van der Waals surface area contributed by atoms with Gasteiger partial charge >= 0.3 is 6.09 Å². The monoisotopic (exact) mass is 293 g/mol. The first-order valence-electron chi connectivity index (χ1n) is 6.24. The van der Waals surface area contributed by atoms with Crippen molar-refractivity contribution in [1.29, 1.82) is 0 Å². The maximum atomic E-state index is 11.5. The quantitative estimate of drug-likeness (QED) is 0.575. The van der Waals surface area contributed by atoms with Crippen molar-refractivity contribution in [2.45, 2.75) is 20.0 Å². The molecule has 0 unspecified atom stereocenters. The molecule has 0 aromatic heterocycles. The van der Waals surface area contributed by atoms with Gasteiger partial charge in [0.2, 0.25) is 0 Å². The molecule has 0 radical (unpaired) electrons. The van der Waals surface area contributed by atoms with Gasteiger partial charge in [-0.3, -0.25) is 5.32 Å². The summed E-state index contributed by atoms with van der Waals surface area (Å²) in [6.07, 6.45) is 1.07. The van der Waals surface area contributed by atoms with Crippen molar-refractivity contribution in [2.75, 3.05) is 17.2 Å². The molecule has 0 fully saturated rings. The third kappa shape index (κ3) is 6.19. The molecule has 0 bridgehead atoms. The van der Waals surface area contributed by atoms with Crippen LogP contribution in [-0.4, -0.2) is 23.9 Å². The first-order valence-corrected chi connectivity index (χ1v) is 6.65. The number of carbonyl (C=O) groups excluding carboxylic acids is 1. The normalized spacial score (nSPS) is 9.75. The number of carbonyl (C=O) groups is 1. The highest BCUT2D eigenvalue weighted by Crippen LogP contribution is 2.15. The van der Waals surface area contributed by atoms with E-state index < -0.39 is 6.09 Å². The minimum atomic E-state index is -0.482. The minimum Gasteiger partial charge on any atom is -0.447 e. The number of rotatable bonds is 5. The SMILES string of the molecule is C=CCNC(=S)Nc1cccc(NC(=O)OC(C)C)c1. The summed E-state index contributed by atoms with van der Waals surface area (Å²) >= 11 is 5.11. The van der Waals surface area contributed by atoms with Crippen LogP contribution in [0.1, 0.15) is 13.8 Å². The Kier molecular flexibility index (Phi) is 6.52. The second kappa shape index (κ2) is 8.16. The van der Waals surface area contributed by atoms with Crippen molar-refractivity contribution < 1.29 is 9.53 Å². The van der Waals surface area contributed by atoms with Gasteiger partial charge in [-0.2, -0.15) is 0 Å². The molecule has 1 amide bonds. The molecular weight excluding hydrogens is 274 g/mol. The summed E-state index contributed by atoms with van der Waals surface area (Å²) in [6.45, 7) is 7.77. The van der Waals surface area contributed by atoms with Gasteiger partial charge in [0.15, 0.2) is 5.11 Å². The molecule has 3 N–H and O–H groups in total. The fourth-order valence-corrected chi connectivity index (χ4v) is 1.58. The van der Waals surface area contributed by atoms with Gasteiger partial charge in [-0.25, -0.2) is 4.79 Å². The van der Waals surface area contributed by atoms with E-state index in [0.29, 0.717) is 17.3 Å². The zero-order chi connectivity index (χ0) is 15.0. The number of benzene rings is 1. The summed E-state index contributed by atoms with van der Waals surface area (Å²) in [5.41, 5.74) is 1.40. The highest BCUT2D eigenvalue weighted by atomic mass is 32.1. The highest BCUT2D eigenvalue weighted by molar-refractivity contribution is 7.80. The number of ether oxygens (including phenoxy) is 1. The Morgan fingerprint density at radius 3 is 2.65 bits per heavy atom. The largest absolute Gasteiger partial charge is 0.447 e. The van der Waals surface area contributed by atoms with E-state index in [-0.39, 0.29) is 6.10 Å². The van der Waals surface area contributed by atoms with E-state index in [1.807, 2.05) is 12.1 Å². The summed E-state index contributed by atoms with van der Waals surface area (Å²) < 4.78 is 5.01. The molecule has 0 aliphatic heterocycles. The Hall–Kier alpha value is -2.08. The van der Waals surface area contributed by atoms with Crippen molar-refractivity contribution in [3.05, 3.63) is 36.9 Å². The number of hydrogen-bond donors (Lipinski definition) is 3. The van der Waals surface area contributed by atoms with E-state index in [9.17, 15) is 4.79 Å². The zero-order valence-electron chi connectivity index (χ0n) is 11.6. The van der Waals surface area contributed by atoms with Crippen molar-refractivity contribution in [3.8, 4) is 0 Å². The highest BCUT2D eigenvalue weighted by Gasteiger charge is 2.06. The predicted molar refractivity (Wildman–Crippen MR) is 86.1 cm³/mol. The lowest BCUT2D eigenvalue weighted by atomic mass is 10.3. The number of anilines is 2. The van der Waals surface area contributed by atoms with Gasteiger partial charge in [-0.1, -0.05) is 12.1 Å². The van der Waals surface area contributed by atoms with Crippen LogP contribution in [0.3, 0.4) is 0 Å². The topological polar surface area (TPSA) is 62.4 Å². The van der Waals surface area contributed by atoms with E-state index in [2.05, 4.69) is 22.5 Å². The molecule has 5 nitrogen and oxygen atoms in total. The molecule has 0 atom stereocenters. The van der Waals surface area contributed by atoms with E-state index in [1.54, 1.807) is 32.1 Å². The Morgan fingerprint density at radius 1 is 1.40 bits per heavy atom. The fourth-order valence-electron chi connectivity index (χ4n) is 1.38. The second-order valence-electron chi connectivity index (χ2n) is 4.28. The van der Waals surface area contributed by atoms with E-state index >= 15 is 0 Å². The molecule has 1 aromatic rings. The lowest BCUT2D eigenvalue weighted by Crippen LogP contribution is -2.28. The number of thiocarbonyl (C=S) groups is 1. The molecule has 0 saturated carbocycles. The molecule has 0 heterocycles. The first kappa shape index (κ1) is 16.0. The van der Waals surface area contributed by atoms with Crippen molar-refractivity contribution in [3.63, 3.8) is 0 Å². The molecule has 0 aliphatic carbocycles. The molecule has 6 heteroatoms. The van der Waals surface area contributed by atoms with Crippen LogP contribution in [0.5, 0.6) is 0 Å². The van der Waals surface area contributed by atoms with Gasteiger partial charge < -0.3 is 15.4 Å². The summed E-state index contributed by atoms with van der Waals surface area (Å²) in [7, 11) is 0. The third-order valence-corrected chi connectivity index (χ3v) is 2.36.